The second-order valence-electron chi connectivity index (χ2n) is 6.12. The van der Waals surface area contributed by atoms with Crippen LogP contribution in [0.2, 0.25) is 0 Å². The average Bonchev–Trinajstić information content (AvgIpc) is 2.72. The number of fused-ring (bicyclic) bond motifs is 3. The zero-order chi connectivity index (χ0) is 17.3. The molecule has 0 radical (unpaired) electrons. The van der Waals surface area contributed by atoms with Gasteiger partial charge in [0.1, 0.15) is 0 Å². The Morgan fingerprint density at radius 1 is 1.42 bits per heavy atom. The molecule has 1 aromatic rings. The number of ether oxygens (including phenoxy) is 1. The van der Waals surface area contributed by atoms with E-state index in [0.717, 1.165) is 18.7 Å². The lowest BCUT2D eigenvalue weighted by atomic mass is 10.1. The smallest absolute Gasteiger partial charge is 0.418 e. The zero-order valence-electron chi connectivity index (χ0n) is 13.5. The van der Waals surface area contributed by atoms with Crippen LogP contribution in [-0.2, 0) is 11.0 Å². The Balaban J connectivity index is 1.82. The summed E-state index contributed by atoms with van der Waals surface area (Å²) in [6.45, 7) is 3.94. The van der Waals surface area contributed by atoms with Crippen molar-refractivity contribution in [3.63, 3.8) is 0 Å². The van der Waals surface area contributed by atoms with Crippen LogP contribution in [0.1, 0.15) is 31.7 Å². The maximum absolute atomic E-state index is 12.9. The molecular formula is C16H20F3N3O2. The van der Waals surface area contributed by atoms with Gasteiger partial charge in [-0.2, -0.15) is 13.2 Å². The topological polar surface area (TPSA) is 45.7 Å². The first-order valence-corrected chi connectivity index (χ1v) is 8.14. The van der Waals surface area contributed by atoms with Crippen molar-refractivity contribution in [2.75, 3.05) is 31.1 Å². The molecule has 1 saturated heterocycles. The summed E-state index contributed by atoms with van der Waals surface area (Å²) in [7, 11) is 0. The third-order valence-corrected chi connectivity index (χ3v) is 4.44. The second kappa shape index (κ2) is 6.49. The number of carbonyl (C=O) groups excluding carboxylic acids is 1. The van der Waals surface area contributed by atoms with Gasteiger partial charge in [0.25, 0.3) is 0 Å². The van der Waals surface area contributed by atoms with Crippen molar-refractivity contribution in [1.82, 2.24) is 9.88 Å². The van der Waals surface area contributed by atoms with Gasteiger partial charge in [0.2, 0.25) is 5.91 Å². The molecule has 0 N–H and O–H groups in total. The van der Waals surface area contributed by atoms with Crippen LogP contribution in [0.5, 0.6) is 5.75 Å². The number of alkyl halides is 3. The number of piperazine rings is 1. The van der Waals surface area contributed by atoms with Crippen molar-refractivity contribution in [3.05, 3.63) is 17.8 Å². The summed E-state index contributed by atoms with van der Waals surface area (Å²) in [5.41, 5.74) is -0.809. The number of carbonyl (C=O) groups is 1. The van der Waals surface area contributed by atoms with Crippen molar-refractivity contribution < 1.29 is 22.7 Å². The highest BCUT2D eigenvalue weighted by molar-refractivity contribution is 5.76. The van der Waals surface area contributed by atoms with Crippen LogP contribution >= 0.6 is 0 Å². The molecule has 5 nitrogen and oxygen atoms in total. The van der Waals surface area contributed by atoms with Gasteiger partial charge in [-0.3, -0.25) is 4.79 Å². The van der Waals surface area contributed by atoms with Gasteiger partial charge in [-0.05, 0) is 12.5 Å². The Bertz CT molecular complexity index is 621. The van der Waals surface area contributed by atoms with Crippen molar-refractivity contribution >= 4 is 11.7 Å². The lowest BCUT2D eigenvalue weighted by Crippen LogP contribution is -2.55. The maximum Gasteiger partial charge on any atom is 0.418 e. The molecule has 8 heteroatoms. The van der Waals surface area contributed by atoms with E-state index in [4.69, 9.17) is 4.74 Å². The Morgan fingerprint density at radius 3 is 2.92 bits per heavy atom. The summed E-state index contributed by atoms with van der Waals surface area (Å²) in [6.07, 6.45) is -1.63. The number of halogens is 3. The first-order valence-electron chi connectivity index (χ1n) is 8.14. The Labute approximate surface area is 138 Å². The molecule has 0 saturated carbocycles. The largest absolute Gasteiger partial charge is 0.490 e. The van der Waals surface area contributed by atoms with E-state index < -0.39 is 11.7 Å². The maximum atomic E-state index is 12.9. The number of anilines is 1. The van der Waals surface area contributed by atoms with Gasteiger partial charge in [0, 0.05) is 38.7 Å². The SMILES string of the molecule is CCCC(=O)N1CCN2c3ncc(C(F)(F)F)cc3OCC[C@H]2C1. The number of pyridine rings is 1. The third kappa shape index (κ3) is 3.27. The van der Waals surface area contributed by atoms with Gasteiger partial charge in [-0.1, -0.05) is 6.92 Å². The summed E-state index contributed by atoms with van der Waals surface area (Å²) in [6, 6.07) is 1.03. The minimum atomic E-state index is -4.44. The molecule has 0 spiro atoms. The fourth-order valence-electron chi connectivity index (χ4n) is 3.20. The first kappa shape index (κ1) is 16.9. The predicted octanol–water partition coefficient (Wildman–Crippen LogP) is 2.70. The van der Waals surface area contributed by atoms with Gasteiger partial charge in [0.05, 0.1) is 18.2 Å². The molecule has 2 aliphatic rings. The number of amides is 1. The number of hydrogen-bond acceptors (Lipinski definition) is 4. The quantitative estimate of drug-likeness (QED) is 0.828. The molecule has 3 rings (SSSR count). The second-order valence-corrected chi connectivity index (χ2v) is 6.12. The van der Waals surface area contributed by atoms with Gasteiger partial charge in [0.15, 0.2) is 11.6 Å². The van der Waals surface area contributed by atoms with Gasteiger partial charge in [-0.25, -0.2) is 4.98 Å². The number of rotatable bonds is 2. The van der Waals surface area contributed by atoms with Crippen LogP contribution in [-0.4, -0.2) is 48.1 Å². The van der Waals surface area contributed by atoms with Crippen LogP contribution in [0, 0.1) is 0 Å². The van der Waals surface area contributed by atoms with Gasteiger partial charge >= 0.3 is 6.18 Å². The van der Waals surface area contributed by atoms with Crippen molar-refractivity contribution in [1.29, 1.82) is 0 Å². The minimum Gasteiger partial charge on any atom is -0.490 e. The zero-order valence-corrected chi connectivity index (χ0v) is 13.5. The van der Waals surface area contributed by atoms with E-state index in [1.54, 1.807) is 0 Å². The molecule has 1 aromatic heterocycles. The van der Waals surface area contributed by atoms with Crippen LogP contribution in [0.25, 0.3) is 0 Å². The molecule has 0 aromatic carbocycles. The fourth-order valence-corrected chi connectivity index (χ4v) is 3.20. The Morgan fingerprint density at radius 2 is 2.21 bits per heavy atom. The van der Waals surface area contributed by atoms with E-state index >= 15 is 0 Å². The van der Waals surface area contributed by atoms with Crippen LogP contribution in [0.3, 0.4) is 0 Å². The normalized spacial score (nSPS) is 20.8. The highest BCUT2D eigenvalue weighted by Crippen LogP contribution is 2.37. The molecule has 1 atom stereocenters. The highest BCUT2D eigenvalue weighted by Gasteiger charge is 2.36. The average molecular weight is 343 g/mol. The molecule has 1 amide bonds. The summed E-state index contributed by atoms with van der Waals surface area (Å²) in [5.74, 6) is 0.733. The molecule has 1 fully saturated rings. The van der Waals surface area contributed by atoms with Gasteiger partial charge in [-0.15, -0.1) is 0 Å². The lowest BCUT2D eigenvalue weighted by Gasteiger charge is -2.41. The number of nitrogens with zero attached hydrogens (tertiary/aromatic N) is 3. The van der Waals surface area contributed by atoms with E-state index in [1.807, 2.05) is 16.7 Å². The molecule has 2 aliphatic heterocycles. The van der Waals surface area contributed by atoms with E-state index in [1.165, 1.54) is 0 Å². The third-order valence-electron chi connectivity index (χ3n) is 4.44. The van der Waals surface area contributed by atoms with Crippen LogP contribution in [0.15, 0.2) is 12.3 Å². The highest BCUT2D eigenvalue weighted by atomic mass is 19.4. The Kier molecular flexibility index (Phi) is 4.56. The van der Waals surface area contributed by atoms with E-state index in [2.05, 4.69) is 4.98 Å². The minimum absolute atomic E-state index is 0.0186. The summed E-state index contributed by atoms with van der Waals surface area (Å²) in [5, 5.41) is 0. The molecule has 132 valence electrons. The van der Waals surface area contributed by atoms with E-state index in [0.29, 0.717) is 44.9 Å². The lowest BCUT2D eigenvalue weighted by molar-refractivity contribution is -0.138. The van der Waals surface area contributed by atoms with Crippen molar-refractivity contribution in [2.45, 2.75) is 38.4 Å². The first-order chi connectivity index (χ1) is 11.4. The molecule has 0 aliphatic carbocycles. The predicted molar refractivity (Wildman–Crippen MR) is 82.0 cm³/mol. The van der Waals surface area contributed by atoms with E-state index in [-0.39, 0.29) is 17.7 Å². The van der Waals surface area contributed by atoms with Gasteiger partial charge < -0.3 is 14.5 Å². The fraction of sp³-hybridized carbons (Fsp3) is 0.625. The summed E-state index contributed by atoms with van der Waals surface area (Å²) < 4.78 is 44.1. The monoisotopic (exact) mass is 343 g/mol. The van der Waals surface area contributed by atoms with E-state index in [9.17, 15) is 18.0 Å². The Hall–Kier alpha value is -1.99. The van der Waals surface area contributed by atoms with Crippen molar-refractivity contribution in [2.24, 2.45) is 0 Å². The van der Waals surface area contributed by atoms with Crippen LogP contribution < -0.4 is 9.64 Å². The van der Waals surface area contributed by atoms with Crippen molar-refractivity contribution in [3.8, 4) is 5.75 Å². The van der Waals surface area contributed by atoms with Crippen LogP contribution in [0.4, 0.5) is 19.0 Å². The summed E-state index contributed by atoms with van der Waals surface area (Å²) in [4.78, 5) is 19.9. The molecule has 0 bridgehead atoms. The summed E-state index contributed by atoms with van der Waals surface area (Å²) >= 11 is 0. The standard InChI is InChI=1S/C16H20F3N3O2/c1-2-3-14(23)21-5-6-22-12(10-21)4-7-24-13-8-11(16(17,18)19)9-20-15(13)22/h8-9,12H,2-7,10H2,1H3/t12-/m0/s1. The molecule has 0 unspecified atom stereocenters. The number of hydrogen-bond donors (Lipinski definition) is 0. The molecular weight excluding hydrogens is 323 g/mol. The number of aromatic nitrogens is 1. The molecule has 24 heavy (non-hydrogen) atoms. The molecule has 3 heterocycles.